The van der Waals surface area contributed by atoms with E-state index >= 15 is 0 Å². The Morgan fingerprint density at radius 3 is 0.878 bits per heavy atom. The van der Waals surface area contributed by atoms with Crippen LogP contribution in [0, 0.1) is 0 Å². The Morgan fingerprint density at radius 2 is 0.582 bits per heavy atom. The van der Waals surface area contributed by atoms with Crippen LogP contribution in [0.3, 0.4) is 0 Å². The minimum atomic E-state index is -4.65. The zero-order chi connectivity index (χ0) is 71.1. The van der Waals surface area contributed by atoms with Gasteiger partial charge in [-0.2, -0.15) is 0 Å². The summed E-state index contributed by atoms with van der Waals surface area (Å²) in [5.41, 5.74) is 0. The summed E-state index contributed by atoms with van der Waals surface area (Å²) in [6.07, 6.45) is 109. The van der Waals surface area contributed by atoms with Crippen LogP contribution in [0.4, 0.5) is 0 Å². The van der Waals surface area contributed by atoms with Crippen molar-refractivity contribution in [1.82, 2.24) is 0 Å². The van der Waals surface area contributed by atoms with Crippen molar-refractivity contribution in [3.63, 3.8) is 0 Å². The Bertz CT molecular complexity index is 1930. The van der Waals surface area contributed by atoms with Crippen LogP contribution in [0.5, 0.6) is 0 Å². The van der Waals surface area contributed by atoms with Crippen molar-refractivity contribution in [1.29, 1.82) is 0 Å². The van der Waals surface area contributed by atoms with Gasteiger partial charge in [-0.3, -0.25) is 14.2 Å². The Morgan fingerprint density at radius 1 is 0.327 bits per heavy atom. The summed E-state index contributed by atoms with van der Waals surface area (Å²) in [5.74, 6) is -0.811. The van der Waals surface area contributed by atoms with Crippen LogP contribution in [0.2, 0.25) is 0 Å². The van der Waals surface area contributed by atoms with Crippen molar-refractivity contribution in [3.05, 3.63) is 85.1 Å². The third-order valence-electron chi connectivity index (χ3n) is 18.9. The Kier molecular flexibility index (Phi) is 76.1. The van der Waals surface area contributed by atoms with E-state index in [0.29, 0.717) is 17.4 Å². The van der Waals surface area contributed by atoms with Gasteiger partial charge in [0.1, 0.15) is 19.8 Å². The molecule has 9 nitrogen and oxygen atoms in total. The van der Waals surface area contributed by atoms with Crippen molar-refractivity contribution in [3.8, 4) is 0 Å². The number of carbonyl (C=O) groups is 2. The number of phosphoric acid groups is 1. The molecule has 0 aliphatic carbocycles. The average molecular weight is 1390 g/mol. The van der Waals surface area contributed by atoms with E-state index in [9.17, 15) is 19.0 Å². The molecule has 0 bridgehead atoms. The number of nitrogens with zero attached hydrogens (tertiary/aromatic N) is 1. The van der Waals surface area contributed by atoms with Crippen molar-refractivity contribution in [2.24, 2.45) is 0 Å². The van der Waals surface area contributed by atoms with Gasteiger partial charge in [-0.05, 0) is 89.9 Å². The van der Waals surface area contributed by atoms with Gasteiger partial charge in [0.05, 0.1) is 27.7 Å². The molecule has 0 amide bonds. The number of quaternary nitrogens is 1. The van der Waals surface area contributed by atoms with Crippen molar-refractivity contribution in [2.45, 2.75) is 418 Å². The molecule has 0 aliphatic heterocycles. The molecule has 2 unspecified atom stereocenters. The summed E-state index contributed by atoms with van der Waals surface area (Å²) in [4.78, 5) is 38.2. The standard InChI is InChI=1S/C88H162NO8P/c1-6-8-10-12-14-16-18-20-22-24-26-28-30-32-34-36-38-40-42-43-44-45-47-49-51-53-55-57-59-61-63-65-67-69-71-73-75-77-79-81-88(91)97-86(85-96-98(92,93)95-83-82-89(3,4)5)84-94-87(90)80-78-76-74-72-70-68-66-64-62-60-58-56-54-52-50-48-46-41-39-37-35-33-31-29-27-25-23-21-19-17-15-13-11-9-7-2/h8,10,14,16,20,22,25-28,32,34,38,40,86H,6-7,9,11-13,15,17-19,21,23-24,29-31,33,35-37,39,41-85H2,1-5H3/b10-8-,16-14-,22-20-,27-25-,28-26-,34-32-,40-38-. The molecule has 572 valence electrons. The lowest BCUT2D eigenvalue weighted by Crippen LogP contribution is -2.37. The molecule has 0 aromatic carbocycles. The van der Waals surface area contributed by atoms with Crippen LogP contribution in [0.1, 0.15) is 412 Å². The van der Waals surface area contributed by atoms with E-state index in [1.165, 1.54) is 302 Å². The number of hydrogen-bond donors (Lipinski definition) is 0. The molecule has 0 aromatic rings. The fourth-order valence-electron chi connectivity index (χ4n) is 12.5. The van der Waals surface area contributed by atoms with Crippen molar-refractivity contribution < 1.29 is 42.1 Å². The minimum Gasteiger partial charge on any atom is -0.756 e. The van der Waals surface area contributed by atoms with Gasteiger partial charge in [-0.15, -0.1) is 0 Å². The molecule has 0 aromatic heterocycles. The maximum atomic E-state index is 12.9. The van der Waals surface area contributed by atoms with Gasteiger partial charge in [0.15, 0.2) is 6.10 Å². The monoisotopic (exact) mass is 1390 g/mol. The fraction of sp³-hybridized carbons (Fsp3) is 0.818. The first-order valence-electron chi connectivity index (χ1n) is 42.3. The Hall–Kier alpha value is -2.81. The maximum Gasteiger partial charge on any atom is 0.306 e. The van der Waals surface area contributed by atoms with Gasteiger partial charge in [0, 0.05) is 12.8 Å². The summed E-state index contributed by atoms with van der Waals surface area (Å²) < 4.78 is 34.5. The summed E-state index contributed by atoms with van der Waals surface area (Å²) in [5, 5.41) is 0. The quantitative estimate of drug-likeness (QED) is 0.0195. The first kappa shape index (κ1) is 95.2. The maximum absolute atomic E-state index is 12.9. The number of rotatable bonds is 79. The number of phosphoric ester groups is 1. The summed E-state index contributed by atoms with van der Waals surface area (Å²) in [6, 6.07) is 0. The third-order valence-corrected chi connectivity index (χ3v) is 19.9. The zero-order valence-corrected chi connectivity index (χ0v) is 66.4. The normalized spacial score (nSPS) is 13.4. The lowest BCUT2D eigenvalue weighted by Gasteiger charge is -2.28. The van der Waals surface area contributed by atoms with E-state index in [1.807, 2.05) is 21.1 Å². The third kappa shape index (κ3) is 82.1. The van der Waals surface area contributed by atoms with Gasteiger partial charge in [-0.1, -0.05) is 394 Å². The lowest BCUT2D eigenvalue weighted by molar-refractivity contribution is -0.870. The van der Waals surface area contributed by atoms with Crippen LogP contribution >= 0.6 is 7.82 Å². The number of likely N-dealkylation sites (N-methyl/N-ethyl adjacent to an activating group) is 1. The summed E-state index contributed by atoms with van der Waals surface area (Å²) >= 11 is 0. The number of unbranched alkanes of at least 4 members (excludes halogenated alkanes) is 51. The molecule has 0 aliphatic rings. The second-order valence-electron chi connectivity index (χ2n) is 29.8. The molecule has 0 heterocycles. The fourth-order valence-corrected chi connectivity index (χ4v) is 13.2. The summed E-state index contributed by atoms with van der Waals surface area (Å²) in [6.45, 7) is 4.19. The van der Waals surface area contributed by atoms with Crippen LogP contribution < -0.4 is 4.89 Å². The van der Waals surface area contributed by atoms with Gasteiger partial charge in [0.25, 0.3) is 7.82 Å². The van der Waals surface area contributed by atoms with Gasteiger partial charge in [0.2, 0.25) is 0 Å². The number of allylic oxidation sites excluding steroid dienone is 14. The second-order valence-corrected chi connectivity index (χ2v) is 31.2. The van der Waals surface area contributed by atoms with Crippen LogP contribution in [0.15, 0.2) is 85.1 Å². The SMILES string of the molecule is CC/C=C\C/C=C\C/C=C\C/C=C\C/C=C\C/C=C\CCCCCCCCCCCCCCCCCCCCCCC(=O)OC(COC(=O)CCCCCCCCCCCCCCCCCCCCCCCCC/C=C\CCCCCCCCCC)COP(=O)([O-])OCC[N+](C)(C)C. The van der Waals surface area contributed by atoms with Gasteiger partial charge in [-0.25, -0.2) is 0 Å². The molecular weight excluding hydrogens is 1230 g/mol. The second kappa shape index (κ2) is 78.3. The Labute approximate surface area is 609 Å². The number of esters is 2. The molecule has 98 heavy (non-hydrogen) atoms. The van der Waals surface area contributed by atoms with E-state index < -0.39 is 26.5 Å². The Balaban J connectivity index is 3.90. The van der Waals surface area contributed by atoms with Gasteiger partial charge < -0.3 is 27.9 Å². The summed E-state index contributed by atoms with van der Waals surface area (Å²) in [7, 11) is 1.18. The molecule has 0 saturated carbocycles. The predicted molar refractivity (Wildman–Crippen MR) is 425 cm³/mol. The van der Waals surface area contributed by atoms with E-state index in [-0.39, 0.29) is 32.0 Å². The van der Waals surface area contributed by atoms with Crippen molar-refractivity contribution in [2.75, 3.05) is 47.5 Å². The highest BCUT2D eigenvalue weighted by molar-refractivity contribution is 7.45. The molecule has 0 radical (unpaired) electrons. The molecule has 0 spiro atoms. The van der Waals surface area contributed by atoms with E-state index in [4.69, 9.17) is 18.5 Å². The van der Waals surface area contributed by atoms with E-state index in [0.717, 1.165) is 77.0 Å². The van der Waals surface area contributed by atoms with E-state index in [2.05, 4.69) is 98.9 Å². The highest BCUT2D eigenvalue weighted by Crippen LogP contribution is 2.38. The first-order valence-corrected chi connectivity index (χ1v) is 43.8. The minimum absolute atomic E-state index is 0.0295. The van der Waals surface area contributed by atoms with Gasteiger partial charge >= 0.3 is 11.9 Å². The number of ether oxygens (including phenoxy) is 2. The topological polar surface area (TPSA) is 111 Å². The predicted octanol–water partition coefficient (Wildman–Crippen LogP) is 27.8. The zero-order valence-electron chi connectivity index (χ0n) is 65.5. The van der Waals surface area contributed by atoms with Crippen LogP contribution in [0.25, 0.3) is 0 Å². The molecule has 10 heteroatoms. The smallest absolute Gasteiger partial charge is 0.306 e. The van der Waals surface area contributed by atoms with E-state index in [1.54, 1.807) is 0 Å². The molecular formula is C88H162NO8P. The molecule has 0 N–H and O–H groups in total. The molecule has 2 atom stereocenters. The number of hydrogen-bond acceptors (Lipinski definition) is 8. The highest BCUT2D eigenvalue weighted by Gasteiger charge is 2.22. The largest absolute Gasteiger partial charge is 0.756 e. The highest BCUT2D eigenvalue weighted by atomic mass is 31.2. The lowest BCUT2D eigenvalue weighted by atomic mass is 10.0. The number of carbonyl (C=O) groups excluding carboxylic acids is 2. The molecule has 0 saturated heterocycles. The van der Waals surface area contributed by atoms with Crippen LogP contribution in [-0.2, 0) is 32.7 Å². The van der Waals surface area contributed by atoms with Crippen molar-refractivity contribution >= 4 is 19.8 Å². The average Bonchev–Trinajstić information content (AvgIpc) is 1.23. The molecule has 0 fully saturated rings. The van der Waals surface area contributed by atoms with Crippen LogP contribution in [-0.4, -0.2) is 70.0 Å². The molecule has 0 rings (SSSR count). The first-order chi connectivity index (χ1) is 48.0.